The average molecular weight is 243 g/mol. The Morgan fingerprint density at radius 3 is 2.89 bits per heavy atom. The number of benzene rings is 1. The maximum atomic E-state index is 5.26. The Balaban J connectivity index is 2.35. The Kier molecular flexibility index (Phi) is 4.25. The second-order valence-corrected chi connectivity index (χ2v) is 3.90. The van der Waals surface area contributed by atoms with Crippen LogP contribution in [0.15, 0.2) is 42.9 Å². The number of hydrogen-bond donors (Lipinski definition) is 1. The number of hydrogen-bond acceptors (Lipinski definition) is 4. The molecule has 0 saturated carbocycles. The maximum absolute atomic E-state index is 5.26. The maximum Gasteiger partial charge on any atom is 0.119 e. The van der Waals surface area contributed by atoms with E-state index in [0.29, 0.717) is 0 Å². The smallest absolute Gasteiger partial charge is 0.119 e. The predicted molar refractivity (Wildman–Crippen MR) is 70.5 cm³/mol. The van der Waals surface area contributed by atoms with Gasteiger partial charge in [-0.05, 0) is 30.3 Å². The SMILES string of the molecule is CCNC(c1cccc(OC)c1)c1ccncn1. The minimum absolute atomic E-state index is 0.0631. The first-order valence-corrected chi connectivity index (χ1v) is 5.98. The molecule has 1 N–H and O–H groups in total. The van der Waals surface area contributed by atoms with Crippen molar-refractivity contribution in [3.8, 4) is 5.75 Å². The summed E-state index contributed by atoms with van der Waals surface area (Å²) in [6, 6.07) is 10.00. The van der Waals surface area contributed by atoms with E-state index in [1.165, 1.54) is 0 Å². The standard InChI is InChI=1S/C14H17N3O/c1-3-16-14(13-7-8-15-10-17-13)11-5-4-6-12(9-11)18-2/h4-10,14,16H,3H2,1-2H3. The van der Waals surface area contributed by atoms with Gasteiger partial charge in [-0.15, -0.1) is 0 Å². The van der Waals surface area contributed by atoms with E-state index in [9.17, 15) is 0 Å². The third-order valence-corrected chi connectivity index (χ3v) is 2.74. The first-order chi connectivity index (χ1) is 8.85. The highest BCUT2D eigenvalue weighted by Gasteiger charge is 2.14. The average Bonchev–Trinajstić information content (AvgIpc) is 2.46. The molecule has 2 aromatic rings. The molecule has 0 aliphatic rings. The fourth-order valence-corrected chi connectivity index (χ4v) is 1.89. The molecule has 1 unspecified atom stereocenters. The first-order valence-electron chi connectivity index (χ1n) is 5.98. The van der Waals surface area contributed by atoms with E-state index >= 15 is 0 Å². The number of aromatic nitrogens is 2. The van der Waals surface area contributed by atoms with Crippen LogP contribution >= 0.6 is 0 Å². The quantitative estimate of drug-likeness (QED) is 0.874. The molecule has 0 amide bonds. The lowest BCUT2D eigenvalue weighted by atomic mass is 10.0. The third kappa shape index (κ3) is 2.84. The molecule has 0 aliphatic heterocycles. The van der Waals surface area contributed by atoms with Crippen molar-refractivity contribution >= 4 is 0 Å². The van der Waals surface area contributed by atoms with Gasteiger partial charge >= 0.3 is 0 Å². The van der Waals surface area contributed by atoms with Crippen molar-refractivity contribution in [2.24, 2.45) is 0 Å². The molecule has 1 aromatic carbocycles. The van der Waals surface area contributed by atoms with E-state index in [1.54, 1.807) is 19.6 Å². The second kappa shape index (κ2) is 6.12. The normalized spacial score (nSPS) is 12.1. The Hall–Kier alpha value is -1.94. The number of methoxy groups -OCH3 is 1. The third-order valence-electron chi connectivity index (χ3n) is 2.74. The van der Waals surface area contributed by atoms with Crippen molar-refractivity contribution < 1.29 is 4.74 Å². The molecule has 1 atom stereocenters. The minimum Gasteiger partial charge on any atom is -0.497 e. The van der Waals surface area contributed by atoms with Gasteiger partial charge in [0.05, 0.1) is 18.8 Å². The molecule has 1 heterocycles. The lowest BCUT2D eigenvalue weighted by Gasteiger charge is -2.18. The van der Waals surface area contributed by atoms with Crippen LogP contribution in [0, 0.1) is 0 Å². The predicted octanol–water partition coefficient (Wildman–Crippen LogP) is 2.18. The zero-order chi connectivity index (χ0) is 12.8. The van der Waals surface area contributed by atoms with Gasteiger partial charge in [0.2, 0.25) is 0 Å². The minimum atomic E-state index is 0.0631. The number of nitrogens with one attached hydrogen (secondary N) is 1. The van der Waals surface area contributed by atoms with Crippen LogP contribution in [0.1, 0.15) is 24.2 Å². The van der Waals surface area contributed by atoms with Crippen LogP contribution in [-0.2, 0) is 0 Å². The van der Waals surface area contributed by atoms with Gasteiger partial charge in [-0.3, -0.25) is 0 Å². The van der Waals surface area contributed by atoms with E-state index in [2.05, 4.69) is 28.3 Å². The fourth-order valence-electron chi connectivity index (χ4n) is 1.89. The fraction of sp³-hybridized carbons (Fsp3) is 0.286. The topological polar surface area (TPSA) is 47.0 Å². The molecule has 4 nitrogen and oxygen atoms in total. The lowest BCUT2D eigenvalue weighted by molar-refractivity contribution is 0.413. The molecule has 0 spiro atoms. The summed E-state index contributed by atoms with van der Waals surface area (Å²) in [6.07, 6.45) is 3.33. The molecular weight excluding hydrogens is 226 g/mol. The van der Waals surface area contributed by atoms with E-state index in [1.807, 2.05) is 24.3 Å². The van der Waals surface area contributed by atoms with Crippen LogP contribution in [0.3, 0.4) is 0 Å². The van der Waals surface area contributed by atoms with Crippen LogP contribution in [-0.4, -0.2) is 23.6 Å². The monoisotopic (exact) mass is 243 g/mol. The molecule has 18 heavy (non-hydrogen) atoms. The number of ether oxygens (including phenoxy) is 1. The molecule has 94 valence electrons. The molecule has 0 fully saturated rings. The van der Waals surface area contributed by atoms with Crippen LogP contribution < -0.4 is 10.1 Å². The Labute approximate surface area is 107 Å². The highest BCUT2D eigenvalue weighted by atomic mass is 16.5. The van der Waals surface area contributed by atoms with Gasteiger partial charge in [-0.2, -0.15) is 0 Å². The van der Waals surface area contributed by atoms with Gasteiger partial charge in [-0.25, -0.2) is 9.97 Å². The van der Waals surface area contributed by atoms with Crippen LogP contribution in [0.4, 0.5) is 0 Å². The Bertz CT molecular complexity index is 487. The van der Waals surface area contributed by atoms with Crippen LogP contribution in [0.5, 0.6) is 5.75 Å². The second-order valence-electron chi connectivity index (χ2n) is 3.90. The van der Waals surface area contributed by atoms with Crippen LogP contribution in [0.25, 0.3) is 0 Å². The van der Waals surface area contributed by atoms with Gasteiger partial charge in [0.15, 0.2) is 0 Å². The molecular formula is C14H17N3O. The number of nitrogens with zero attached hydrogens (tertiary/aromatic N) is 2. The summed E-state index contributed by atoms with van der Waals surface area (Å²) in [6.45, 7) is 2.94. The van der Waals surface area contributed by atoms with Crippen molar-refractivity contribution in [2.75, 3.05) is 13.7 Å². The lowest BCUT2D eigenvalue weighted by Crippen LogP contribution is -2.22. The zero-order valence-electron chi connectivity index (χ0n) is 10.6. The van der Waals surface area contributed by atoms with Crippen molar-refractivity contribution in [3.63, 3.8) is 0 Å². The summed E-state index contributed by atoms with van der Waals surface area (Å²) in [5, 5.41) is 3.42. The summed E-state index contributed by atoms with van der Waals surface area (Å²) in [5.41, 5.74) is 2.09. The van der Waals surface area contributed by atoms with Crippen molar-refractivity contribution in [1.29, 1.82) is 0 Å². The Morgan fingerprint density at radius 1 is 1.33 bits per heavy atom. The largest absolute Gasteiger partial charge is 0.497 e. The summed E-state index contributed by atoms with van der Waals surface area (Å²) in [7, 11) is 1.67. The van der Waals surface area contributed by atoms with Gasteiger partial charge in [0.1, 0.15) is 12.1 Å². The molecule has 2 rings (SSSR count). The van der Waals surface area contributed by atoms with Gasteiger partial charge in [0.25, 0.3) is 0 Å². The van der Waals surface area contributed by atoms with Crippen LogP contribution in [0.2, 0.25) is 0 Å². The molecule has 0 bridgehead atoms. The highest BCUT2D eigenvalue weighted by Crippen LogP contribution is 2.23. The van der Waals surface area contributed by atoms with Gasteiger partial charge in [0, 0.05) is 6.20 Å². The summed E-state index contributed by atoms with van der Waals surface area (Å²) < 4.78 is 5.26. The summed E-state index contributed by atoms with van der Waals surface area (Å²) >= 11 is 0. The molecule has 4 heteroatoms. The van der Waals surface area contributed by atoms with Crippen molar-refractivity contribution in [1.82, 2.24) is 15.3 Å². The van der Waals surface area contributed by atoms with Gasteiger partial charge in [-0.1, -0.05) is 19.1 Å². The van der Waals surface area contributed by atoms with E-state index < -0.39 is 0 Å². The molecule has 1 aromatic heterocycles. The Morgan fingerprint density at radius 2 is 2.22 bits per heavy atom. The van der Waals surface area contributed by atoms with Crippen molar-refractivity contribution in [3.05, 3.63) is 54.1 Å². The summed E-state index contributed by atoms with van der Waals surface area (Å²) in [5.74, 6) is 0.851. The molecule has 0 radical (unpaired) electrons. The van der Waals surface area contributed by atoms with E-state index in [4.69, 9.17) is 4.74 Å². The number of rotatable bonds is 5. The van der Waals surface area contributed by atoms with E-state index in [-0.39, 0.29) is 6.04 Å². The first kappa shape index (κ1) is 12.5. The van der Waals surface area contributed by atoms with Gasteiger partial charge < -0.3 is 10.1 Å². The molecule has 0 aliphatic carbocycles. The highest BCUT2D eigenvalue weighted by molar-refractivity contribution is 5.34. The summed E-state index contributed by atoms with van der Waals surface area (Å²) in [4.78, 5) is 8.27. The molecule has 0 saturated heterocycles. The van der Waals surface area contributed by atoms with Crippen molar-refractivity contribution in [2.45, 2.75) is 13.0 Å². The zero-order valence-corrected chi connectivity index (χ0v) is 10.6. The van der Waals surface area contributed by atoms with E-state index in [0.717, 1.165) is 23.6 Å².